The zero-order valence-electron chi connectivity index (χ0n) is 12.4. The monoisotopic (exact) mass is 241 g/mol. The van der Waals surface area contributed by atoms with Gasteiger partial charge in [-0.3, -0.25) is 0 Å². The van der Waals surface area contributed by atoms with E-state index in [0.29, 0.717) is 12.2 Å². The van der Waals surface area contributed by atoms with Crippen molar-refractivity contribution in [2.24, 2.45) is 5.92 Å². The van der Waals surface area contributed by atoms with Crippen LogP contribution in [-0.4, -0.2) is 24.3 Å². The van der Waals surface area contributed by atoms with Gasteiger partial charge in [0.2, 0.25) is 0 Å². The number of rotatable bonds is 5. The maximum absolute atomic E-state index is 6.24. The van der Waals surface area contributed by atoms with Crippen molar-refractivity contribution in [3.8, 4) is 0 Å². The van der Waals surface area contributed by atoms with Gasteiger partial charge in [0.15, 0.2) is 0 Å². The van der Waals surface area contributed by atoms with Crippen LogP contribution in [-0.2, 0) is 4.74 Å². The summed E-state index contributed by atoms with van der Waals surface area (Å²) in [7, 11) is 0. The highest BCUT2D eigenvalue weighted by atomic mass is 16.5. The molecule has 3 atom stereocenters. The van der Waals surface area contributed by atoms with Crippen LogP contribution in [0.4, 0.5) is 0 Å². The van der Waals surface area contributed by atoms with Gasteiger partial charge < -0.3 is 10.1 Å². The Bertz CT molecular complexity index is 209. The predicted octanol–water partition coefficient (Wildman–Crippen LogP) is 3.75. The molecule has 0 amide bonds. The second-order valence-electron chi connectivity index (χ2n) is 6.69. The van der Waals surface area contributed by atoms with E-state index in [-0.39, 0.29) is 5.54 Å². The van der Waals surface area contributed by atoms with Crippen LogP contribution >= 0.6 is 0 Å². The molecule has 1 fully saturated rings. The largest absolute Gasteiger partial charge is 0.374 e. The molecule has 3 unspecified atom stereocenters. The van der Waals surface area contributed by atoms with E-state index in [2.05, 4.69) is 39.9 Å². The molecule has 0 aromatic rings. The highest BCUT2D eigenvalue weighted by molar-refractivity contribution is 4.76. The molecule has 2 heteroatoms. The van der Waals surface area contributed by atoms with Crippen LogP contribution in [0.3, 0.4) is 0 Å². The van der Waals surface area contributed by atoms with Gasteiger partial charge in [-0.1, -0.05) is 26.7 Å². The summed E-state index contributed by atoms with van der Waals surface area (Å²) in [4.78, 5) is 0. The molecule has 0 spiro atoms. The van der Waals surface area contributed by atoms with Gasteiger partial charge in [-0.25, -0.2) is 0 Å². The Kier molecular flexibility index (Phi) is 5.94. The van der Waals surface area contributed by atoms with Crippen LogP contribution in [0.25, 0.3) is 0 Å². The van der Waals surface area contributed by atoms with E-state index in [1.807, 2.05) is 0 Å². The molecule has 0 aromatic carbocycles. The van der Waals surface area contributed by atoms with Crippen LogP contribution < -0.4 is 5.32 Å². The predicted molar refractivity (Wildman–Crippen MR) is 74.3 cm³/mol. The van der Waals surface area contributed by atoms with Crippen molar-refractivity contribution in [3.05, 3.63) is 0 Å². The van der Waals surface area contributed by atoms with Crippen molar-refractivity contribution >= 4 is 0 Å². The molecular weight excluding hydrogens is 210 g/mol. The molecule has 17 heavy (non-hydrogen) atoms. The summed E-state index contributed by atoms with van der Waals surface area (Å²) in [6, 6.07) is 0. The Morgan fingerprint density at radius 2 is 2.00 bits per heavy atom. The quantitative estimate of drug-likeness (QED) is 0.791. The molecule has 0 bridgehead atoms. The molecule has 1 saturated carbocycles. The third-order valence-corrected chi connectivity index (χ3v) is 3.59. The lowest BCUT2D eigenvalue weighted by molar-refractivity contribution is -0.0409. The van der Waals surface area contributed by atoms with Crippen LogP contribution in [0.2, 0.25) is 0 Å². The summed E-state index contributed by atoms with van der Waals surface area (Å²) < 4.78 is 6.24. The van der Waals surface area contributed by atoms with E-state index in [1.54, 1.807) is 0 Å². The summed E-state index contributed by atoms with van der Waals surface area (Å²) in [5.74, 6) is 0.849. The lowest BCUT2D eigenvalue weighted by Crippen LogP contribution is -2.42. The van der Waals surface area contributed by atoms with Crippen molar-refractivity contribution in [2.45, 2.75) is 84.5 Å². The second-order valence-corrected chi connectivity index (χ2v) is 6.69. The van der Waals surface area contributed by atoms with Gasteiger partial charge in [-0.05, 0) is 46.0 Å². The van der Waals surface area contributed by atoms with Gasteiger partial charge in [-0.15, -0.1) is 0 Å². The van der Waals surface area contributed by atoms with Crippen LogP contribution in [0, 0.1) is 5.92 Å². The van der Waals surface area contributed by atoms with E-state index < -0.39 is 0 Å². The molecular formula is C15H31NO. The molecule has 1 aliphatic rings. The molecule has 0 saturated heterocycles. The fourth-order valence-electron chi connectivity index (χ4n) is 2.48. The summed E-state index contributed by atoms with van der Waals surface area (Å²) in [6.07, 6.45) is 7.23. The van der Waals surface area contributed by atoms with Crippen molar-refractivity contribution in [3.63, 3.8) is 0 Å². The van der Waals surface area contributed by atoms with E-state index in [1.165, 1.54) is 25.7 Å². The molecule has 0 radical (unpaired) electrons. The number of hydrogen-bond acceptors (Lipinski definition) is 2. The Balaban J connectivity index is 2.30. The van der Waals surface area contributed by atoms with E-state index in [4.69, 9.17) is 4.74 Å². The summed E-state index contributed by atoms with van der Waals surface area (Å²) in [5, 5.41) is 3.55. The summed E-state index contributed by atoms with van der Waals surface area (Å²) in [6.45, 7) is 12.2. The topological polar surface area (TPSA) is 21.3 Å². The van der Waals surface area contributed by atoms with Gasteiger partial charge in [0.05, 0.1) is 12.2 Å². The lowest BCUT2D eigenvalue weighted by Gasteiger charge is -2.32. The summed E-state index contributed by atoms with van der Waals surface area (Å²) >= 11 is 0. The molecule has 2 nitrogen and oxygen atoms in total. The molecule has 0 aliphatic heterocycles. The Hall–Kier alpha value is -0.0800. The molecule has 1 rings (SSSR count). The maximum Gasteiger partial charge on any atom is 0.0700 e. The number of ether oxygens (including phenoxy) is 1. The van der Waals surface area contributed by atoms with Crippen molar-refractivity contribution in [1.29, 1.82) is 0 Å². The van der Waals surface area contributed by atoms with E-state index >= 15 is 0 Å². The van der Waals surface area contributed by atoms with E-state index in [9.17, 15) is 0 Å². The van der Waals surface area contributed by atoms with Crippen LogP contribution in [0.5, 0.6) is 0 Å². The SMILES string of the molecule is CCC(CNC(C)(C)C)OC1CCCC(C)C1. The third-order valence-electron chi connectivity index (χ3n) is 3.59. The molecule has 1 aliphatic carbocycles. The average Bonchev–Trinajstić information content (AvgIpc) is 2.23. The zero-order valence-corrected chi connectivity index (χ0v) is 12.4. The molecule has 0 heterocycles. The first-order valence-electron chi connectivity index (χ1n) is 7.31. The smallest absolute Gasteiger partial charge is 0.0700 e. The Morgan fingerprint density at radius 3 is 2.53 bits per heavy atom. The first-order chi connectivity index (χ1) is 7.90. The fourth-order valence-corrected chi connectivity index (χ4v) is 2.48. The van der Waals surface area contributed by atoms with Crippen molar-refractivity contribution < 1.29 is 4.74 Å². The maximum atomic E-state index is 6.24. The normalized spacial score (nSPS) is 28.1. The van der Waals surface area contributed by atoms with Gasteiger partial charge in [0, 0.05) is 12.1 Å². The minimum atomic E-state index is 0.191. The lowest BCUT2D eigenvalue weighted by atomic mass is 9.88. The minimum absolute atomic E-state index is 0.191. The number of hydrogen-bond donors (Lipinski definition) is 1. The first-order valence-corrected chi connectivity index (χ1v) is 7.31. The van der Waals surface area contributed by atoms with E-state index in [0.717, 1.165) is 18.9 Å². The van der Waals surface area contributed by atoms with Gasteiger partial charge in [-0.2, -0.15) is 0 Å². The summed E-state index contributed by atoms with van der Waals surface area (Å²) in [5.41, 5.74) is 0.191. The molecule has 102 valence electrons. The zero-order chi connectivity index (χ0) is 12.9. The Labute approximate surface area is 108 Å². The molecule has 0 aromatic heterocycles. The van der Waals surface area contributed by atoms with Gasteiger partial charge in [0.1, 0.15) is 0 Å². The van der Waals surface area contributed by atoms with Gasteiger partial charge >= 0.3 is 0 Å². The molecule has 1 N–H and O–H groups in total. The van der Waals surface area contributed by atoms with Crippen LogP contribution in [0.15, 0.2) is 0 Å². The number of nitrogens with one attached hydrogen (secondary N) is 1. The Morgan fingerprint density at radius 1 is 1.29 bits per heavy atom. The van der Waals surface area contributed by atoms with Crippen molar-refractivity contribution in [1.82, 2.24) is 5.32 Å². The van der Waals surface area contributed by atoms with Crippen molar-refractivity contribution in [2.75, 3.05) is 6.54 Å². The fraction of sp³-hybridized carbons (Fsp3) is 1.00. The van der Waals surface area contributed by atoms with Gasteiger partial charge in [0.25, 0.3) is 0 Å². The highest BCUT2D eigenvalue weighted by Crippen LogP contribution is 2.26. The first kappa shape index (κ1) is 15.0. The standard InChI is InChI=1S/C15H31NO/c1-6-13(11-16-15(3,4)5)17-14-9-7-8-12(2)10-14/h12-14,16H,6-11H2,1-5H3. The second kappa shape index (κ2) is 6.75. The highest BCUT2D eigenvalue weighted by Gasteiger charge is 2.22. The minimum Gasteiger partial charge on any atom is -0.374 e. The van der Waals surface area contributed by atoms with Crippen LogP contribution in [0.1, 0.15) is 66.7 Å². The third kappa shape index (κ3) is 6.42. The average molecular weight is 241 g/mol.